The highest BCUT2D eigenvalue weighted by molar-refractivity contribution is 6.14. The fourth-order valence-electron chi connectivity index (χ4n) is 5.73. The van der Waals surface area contributed by atoms with Crippen LogP contribution in [0.2, 0.25) is 0 Å². The van der Waals surface area contributed by atoms with Crippen LogP contribution >= 0.6 is 0 Å². The van der Waals surface area contributed by atoms with Crippen LogP contribution in [0, 0.1) is 17.6 Å². The van der Waals surface area contributed by atoms with Crippen LogP contribution in [0.15, 0.2) is 59.6 Å². The van der Waals surface area contributed by atoms with Crippen molar-refractivity contribution in [3.8, 4) is 0 Å². The number of benzene rings is 3. The standard InChI is InChI=1S/C33H36F2N4O2/c1-38-8-10-39(11-9-38)29-4-5-30(26(19-29)15-22-6-12-41-13-7-22)33(40)37-32-31-18-23(2-3-25(31)21-36-32)14-24-16-27(34)20-28(35)17-24/h2-5,16-20,22H,6-15,21H2,1H3,(H,36,37,40)/i1D3,14D2. The maximum atomic E-state index is 13.9. The summed E-state index contributed by atoms with van der Waals surface area (Å²) in [6, 6.07) is 13.3. The average Bonchev–Trinajstić information content (AvgIpc) is 3.42. The summed E-state index contributed by atoms with van der Waals surface area (Å²) in [6.45, 7) is 1.49. The Balaban J connectivity index is 1.24. The average molecular weight is 564 g/mol. The van der Waals surface area contributed by atoms with Crippen molar-refractivity contribution in [3.05, 3.63) is 99.6 Å². The van der Waals surface area contributed by atoms with Gasteiger partial charge in [-0.25, -0.2) is 8.78 Å². The molecule has 41 heavy (non-hydrogen) atoms. The number of fused-ring (bicyclic) bond motifs is 1. The van der Waals surface area contributed by atoms with Gasteiger partial charge < -0.3 is 19.9 Å². The Labute approximate surface area is 247 Å². The fourth-order valence-corrected chi connectivity index (χ4v) is 5.73. The molecule has 3 aliphatic heterocycles. The molecule has 6 rings (SSSR count). The third-order valence-electron chi connectivity index (χ3n) is 7.98. The lowest BCUT2D eigenvalue weighted by atomic mass is 9.89. The summed E-state index contributed by atoms with van der Waals surface area (Å²) in [4.78, 5) is 22.0. The minimum absolute atomic E-state index is 0.150. The first-order valence-electron chi connectivity index (χ1n) is 16.6. The Morgan fingerprint density at radius 2 is 1.80 bits per heavy atom. The number of amides is 1. The van der Waals surface area contributed by atoms with Crippen LogP contribution in [0.4, 0.5) is 14.5 Å². The highest BCUT2D eigenvalue weighted by Gasteiger charge is 2.24. The minimum atomic E-state index is -2.20. The minimum Gasteiger partial charge on any atom is -0.381 e. The van der Waals surface area contributed by atoms with E-state index >= 15 is 0 Å². The Hall–Kier alpha value is -3.62. The summed E-state index contributed by atoms with van der Waals surface area (Å²) in [5, 5.41) is 2.95. The second kappa shape index (κ2) is 12.1. The van der Waals surface area contributed by atoms with Crippen molar-refractivity contribution < 1.29 is 25.2 Å². The van der Waals surface area contributed by atoms with Crippen molar-refractivity contribution >= 4 is 17.4 Å². The van der Waals surface area contributed by atoms with E-state index in [9.17, 15) is 13.6 Å². The van der Waals surface area contributed by atoms with Gasteiger partial charge in [0.25, 0.3) is 5.91 Å². The predicted molar refractivity (Wildman–Crippen MR) is 157 cm³/mol. The first-order chi connectivity index (χ1) is 21.9. The summed E-state index contributed by atoms with van der Waals surface area (Å²) in [6.07, 6.45) is 0.273. The summed E-state index contributed by atoms with van der Waals surface area (Å²) in [5.74, 6) is -1.41. The molecule has 214 valence electrons. The van der Waals surface area contributed by atoms with Crippen molar-refractivity contribution in [2.75, 3.05) is 51.3 Å². The number of amidine groups is 1. The molecule has 3 aromatic rings. The van der Waals surface area contributed by atoms with E-state index in [2.05, 4.69) is 15.2 Å². The highest BCUT2D eigenvalue weighted by atomic mass is 19.1. The monoisotopic (exact) mass is 563 g/mol. The zero-order valence-corrected chi connectivity index (χ0v) is 22.8. The van der Waals surface area contributed by atoms with Crippen molar-refractivity contribution in [1.29, 1.82) is 0 Å². The molecule has 3 aliphatic rings. The molecule has 1 N–H and O–H groups in total. The van der Waals surface area contributed by atoms with Crippen molar-refractivity contribution in [2.24, 2.45) is 10.9 Å². The second-order valence-electron chi connectivity index (χ2n) is 10.8. The van der Waals surface area contributed by atoms with Gasteiger partial charge in [0.1, 0.15) is 17.5 Å². The van der Waals surface area contributed by atoms with Crippen LogP contribution in [0.5, 0.6) is 0 Å². The number of carbonyl (C=O) groups excluding carboxylic acids is 1. The van der Waals surface area contributed by atoms with E-state index in [-0.39, 0.29) is 17.0 Å². The molecule has 0 unspecified atom stereocenters. The summed E-state index contributed by atoms with van der Waals surface area (Å²) < 4.78 is 73.9. The first-order valence-corrected chi connectivity index (χ1v) is 14.1. The van der Waals surface area contributed by atoms with Crippen LogP contribution in [-0.2, 0) is 24.1 Å². The number of anilines is 1. The quantitative estimate of drug-likeness (QED) is 0.461. The SMILES string of the molecule is [2H]C([2H])(c1cc(F)cc(F)c1)c1ccc2c(c1)C(NC(=O)c1ccc(N3CCN(C([2H])([2H])[2H])CC3)cc1CC1CCOCC1)=NC2. The molecule has 0 atom stereocenters. The van der Waals surface area contributed by atoms with Crippen LogP contribution < -0.4 is 10.2 Å². The van der Waals surface area contributed by atoms with Crippen LogP contribution in [0.3, 0.4) is 0 Å². The number of carbonyl (C=O) groups is 1. The van der Waals surface area contributed by atoms with E-state index in [1.165, 1.54) is 4.90 Å². The lowest BCUT2D eigenvalue weighted by Crippen LogP contribution is -2.44. The molecule has 1 amide bonds. The van der Waals surface area contributed by atoms with Crippen molar-refractivity contribution in [2.45, 2.75) is 32.2 Å². The van der Waals surface area contributed by atoms with E-state index in [0.29, 0.717) is 81.3 Å². The Morgan fingerprint density at radius 1 is 1.02 bits per heavy atom. The molecule has 8 heteroatoms. The highest BCUT2D eigenvalue weighted by Crippen LogP contribution is 2.28. The zero-order valence-electron chi connectivity index (χ0n) is 27.8. The predicted octanol–water partition coefficient (Wildman–Crippen LogP) is 4.97. The van der Waals surface area contributed by atoms with Crippen molar-refractivity contribution in [1.82, 2.24) is 10.2 Å². The maximum absolute atomic E-state index is 13.9. The van der Waals surface area contributed by atoms with Gasteiger partial charge >= 0.3 is 0 Å². The van der Waals surface area contributed by atoms with Gasteiger partial charge in [0.2, 0.25) is 0 Å². The van der Waals surface area contributed by atoms with E-state index in [1.807, 2.05) is 12.1 Å². The third-order valence-corrected chi connectivity index (χ3v) is 7.98. The summed E-state index contributed by atoms with van der Waals surface area (Å²) >= 11 is 0. The van der Waals surface area contributed by atoms with E-state index in [0.717, 1.165) is 41.8 Å². The van der Waals surface area contributed by atoms with Gasteiger partial charge in [0.15, 0.2) is 0 Å². The number of rotatable bonds is 6. The molecule has 2 fully saturated rings. The van der Waals surface area contributed by atoms with Gasteiger partial charge in [-0.2, -0.15) is 0 Å². The molecule has 0 saturated carbocycles. The Bertz CT molecular complexity index is 1630. The number of likely N-dealkylation sites (N-methyl/N-ethyl adjacent to an activating group) is 1. The van der Waals surface area contributed by atoms with Crippen LogP contribution in [0.25, 0.3) is 0 Å². The number of ether oxygens (including phenoxy) is 1. The Morgan fingerprint density at radius 3 is 2.56 bits per heavy atom. The molecule has 3 aromatic carbocycles. The zero-order chi connectivity index (χ0) is 32.6. The second-order valence-corrected chi connectivity index (χ2v) is 10.8. The van der Waals surface area contributed by atoms with Gasteiger partial charge in [-0.05, 0) is 97.2 Å². The lowest BCUT2D eigenvalue weighted by molar-refractivity contribution is 0.0664. The van der Waals surface area contributed by atoms with Gasteiger partial charge in [-0.3, -0.25) is 9.79 Å². The Kier molecular flexibility index (Phi) is 6.50. The molecule has 2 saturated heterocycles. The summed E-state index contributed by atoms with van der Waals surface area (Å²) in [7, 11) is 0. The molecule has 0 radical (unpaired) electrons. The molecule has 0 bridgehead atoms. The number of halogens is 2. The molecule has 6 nitrogen and oxygen atoms in total. The molecule has 0 aliphatic carbocycles. The number of hydrogen-bond acceptors (Lipinski definition) is 5. The number of aliphatic imine (C=N–C) groups is 1. The third kappa shape index (κ3) is 6.49. The van der Waals surface area contributed by atoms with E-state index in [4.69, 9.17) is 11.6 Å². The van der Waals surface area contributed by atoms with Crippen molar-refractivity contribution in [3.63, 3.8) is 0 Å². The lowest BCUT2D eigenvalue weighted by Gasteiger charge is -2.34. The molecule has 0 aromatic heterocycles. The van der Waals surface area contributed by atoms with Crippen LogP contribution in [-0.4, -0.2) is 63.0 Å². The smallest absolute Gasteiger partial charge is 0.257 e. The van der Waals surface area contributed by atoms with Gasteiger partial charge in [0, 0.05) is 69.1 Å². The van der Waals surface area contributed by atoms with Gasteiger partial charge in [-0.15, -0.1) is 0 Å². The molecular weight excluding hydrogens is 522 g/mol. The molecular formula is C33H36F2N4O2. The van der Waals surface area contributed by atoms with Gasteiger partial charge in [0.05, 0.1) is 6.54 Å². The van der Waals surface area contributed by atoms with E-state index in [1.54, 1.807) is 24.3 Å². The van der Waals surface area contributed by atoms with E-state index < -0.39 is 25.0 Å². The maximum Gasteiger partial charge on any atom is 0.257 e. The van der Waals surface area contributed by atoms with Gasteiger partial charge in [-0.1, -0.05) is 12.1 Å². The molecule has 3 heterocycles. The molecule has 0 spiro atoms. The fraction of sp³-hybridized carbons (Fsp3) is 0.394. The normalized spacial score (nSPS) is 20.3. The number of nitrogens with zero attached hydrogens (tertiary/aromatic N) is 3. The first kappa shape index (κ1) is 22.0. The number of hydrogen-bond donors (Lipinski definition) is 1. The topological polar surface area (TPSA) is 57.2 Å². The largest absolute Gasteiger partial charge is 0.381 e. The summed E-state index contributed by atoms with van der Waals surface area (Å²) in [5.41, 5.74) is 3.72. The number of nitrogens with one attached hydrogen (secondary N) is 1. The van der Waals surface area contributed by atoms with Crippen LogP contribution in [0.1, 0.15) is 57.9 Å². The number of piperazine rings is 1.